The Bertz CT molecular complexity index is 1830. The van der Waals surface area contributed by atoms with Gasteiger partial charge in [0.25, 0.3) is 5.91 Å². The molecule has 0 radical (unpaired) electrons. The SMILES string of the molecule is C[C@H]1[C@H]([Si](C)(C)F)[C@@H](CC(=O)N2Cc3ccccc3C[C@H]2CO)O[C@]12C(=O)N(Cc1cccc(NC(=O)C3CCCNC3)c1)c1ccc(Br)cc12. The molecule has 4 heterocycles. The van der Waals surface area contributed by atoms with Gasteiger partial charge in [-0.1, -0.05) is 59.3 Å². The standard InChI is InChI=1S/C39H46BrFN4O5Si/c1-24-36(51(2,3)41)34(19-35(47)44-22-28-10-5-4-9-26(28)17-31(44)23-46)50-39(24)32-18-29(40)13-14-33(32)45(38(39)49)21-25-8-6-12-30(16-25)43-37(48)27-11-7-15-42-20-27/h4-6,8-10,12-14,16,18,24,27,31,34,36,42,46H,7,11,15,17,19-23H2,1-3H3,(H,43,48)/t24-,27?,31-,34+,36-,39+/m0/s1. The number of rotatable bonds is 8. The zero-order chi connectivity index (χ0) is 36.1. The van der Waals surface area contributed by atoms with E-state index in [-0.39, 0.29) is 43.2 Å². The number of nitrogens with zero attached hydrogens (tertiary/aromatic N) is 2. The Morgan fingerprint density at radius 2 is 1.90 bits per heavy atom. The summed E-state index contributed by atoms with van der Waals surface area (Å²) in [7, 11) is -3.51. The van der Waals surface area contributed by atoms with E-state index in [9.17, 15) is 19.5 Å². The van der Waals surface area contributed by atoms with E-state index in [1.54, 1.807) is 22.9 Å². The van der Waals surface area contributed by atoms with Gasteiger partial charge in [0, 0.05) is 40.3 Å². The van der Waals surface area contributed by atoms with Gasteiger partial charge in [-0.15, -0.1) is 0 Å². The zero-order valence-corrected chi connectivity index (χ0v) is 31.9. The van der Waals surface area contributed by atoms with E-state index in [1.165, 1.54) is 0 Å². The van der Waals surface area contributed by atoms with Crippen molar-refractivity contribution in [2.45, 2.75) is 82.1 Å². The number of hydrogen-bond donors (Lipinski definition) is 3. The van der Waals surface area contributed by atoms with Gasteiger partial charge in [0.05, 0.1) is 43.3 Å². The first kappa shape index (κ1) is 36.0. The minimum Gasteiger partial charge on any atom is -0.394 e. The van der Waals surface area contributed by atoms with Gasteiger partial charge in [-0.2, -0.15) is 0 Å². The number of fused-ring (bicyclic) bond motifs is 3. The summed E-state index contributed by atoms with van der Waals surface area (Å²) in [5.41, 5.74) is 2.81. The van der Waals surface area contributed by atoms with E-state index in [0.29, 0.717) is 36.4 Å². The maximum absolute atomic E-state index is 16.5. The number of benzene rings is 3. The van der Waals surface area contributed by atoms with Crippen LogP contribution in [0.15, 0.2) is 71.2 Å². The van der Waals surface area contributed by atoms with Crippen LogP contribution in [-0.4, -0.2) is 68.0 Å². The first-order chi connectivity index (χ1) is 24.4. The summed E-state index contributed by atoms with van der Waals surface area (Å²) >= 11 is 3.60. The molecule has 4 aliphatic rings. The lowest BCUT2D eigenvalue weighted by Crippen LogP contribution is -2.48. The molecule has 7 rings (SSSR count). The fourth-order valence-corrected chi connectivity index (χ4v) is 11.8. The fraction of sp³-hybridized carbons (Fsp3) is 0.462. The lowest BCUT2D eigenvalue weighted by Gasteiger charge is -2.37. The molecule has 51 heavy (non-hydrogen) atoms. The Balaban J connectivity index is 1.17. The maximum Gasteiger partial charge on any atom is 0.264 e. The van der Waals surface area contributed by atoms with Crippen molar-refractivity contribution < 1.29 is 28.3 Å². The third-order valence-electron chi connectivity index (χ3n) is 11.4. The zero-order valence-electron chi connectivity index (χ0n) is 29.3. The average molecular weight is 778 g/mol. The molecule has 3 aromatic carbocycles. The van der Waals surface area contributed by atoms with Gasteiger partial charge < -0.3 is 34.4 Å². The van der Waals surface area contributed by atoms with Crippen molar-refractivity contribution in [2.24, 2.45) is 11.8 Å². The molecule has 1 spiro atoms. The summed E-state index contributed by atoms with van der Waals surface area (Å²) in [6.45, 7) is 7.11. The highest BCUT2D eigenvalue weighted by Crippen LogP contribution is 2.60. The molecule has 12 heteroatoms. The fourth-order valence-electron chi connectivity index (χ4n) is 8.96. The number of carbonyl (C=O) groups is 3. The molecule has 3 N–H and O–H groups in total. The van der Waals surface area contributed by atoms with Crippen molar-refractivity contribution in [1.29, 1.82) is 0 Å². The molecule has 1 unspecified atom stereocenters. The molecule has 0 aliphatic carbocycles. The van der Waals surface area contributed by atoms with Gasteiger partial charge in [0.2, 0.25) is 20.2 Å². The van der Waals surface area contributed by atoms with Crippen molar-refractivity contribution in [1.82, 2.24) is 10.2 Å². The van der Waals surface area contributed by atoms with Crippen LogP contribution in [0.3, 0.4) is 0 Å². The summed E-state index contributed by atoms with van der Waals surface area (Å²) in [6, 6.07) is 20.7. The van der Waals surface area contributed by atoms with E-state index in [1.807, 2.05) is 73.7 Å². The van der Waals surface area contributed by atoms with Gasteiger partial charge >= 0.3 is 0 Å². The highest BCUT2D eigenvalue weighted by molar-refractivity contribution is 9.10. The normalized spacial score (nSPS) is 27.4. The molecular weight excluding hydrogens is 731 g/mol. The number of anilines is 2. The second kappa shape index (κ2) is 14.2. The number of hydrogen-bond acceptors (Lipinski definition) is 6. The van der Waals surface area contributed by atoms with Gasteiger partial charge in [-0.05, 0) is 85.9 Å². The molecular formula is C39H46BrFN4O5Si. The Morgan fingerprint density at radius 3 is 2.63 bits per heavy atom. The highest BCUT2D eigenvalue weighted by Gasteiger charge is 2.67. The predicted molar refractivity (Wildman–Crippen MR) is 200 cm³/mol. The molecule has 9 nitrogen and oxygen atoms in total. The maximum atomic E-state index is 16.5. The lowest BCUT2D eigenvalue weighted by atomic mass is 9.82. The first-order valence-electron chi connectivity index (χ1n) is 18.0. The molecule has 0 aromatic heterocycles. The van der Waals surface area contributed by atoms with Crippen LogP contribution >= 0.6 is 15.9 Å². The summed E-state index contributed by atoms with van der Waals surface area (Å²) < 4.78 is 24.1. The van der Waals surface area contributed by atoms with Crippen LogP contribution in [0.25, 0.3) is 0 Å². The van der Waals surface area contributed by atoms with Crippen LogP contribution < -0.4 is 15.5 Å². The number of aliphatic hydroxyl groups excluding tert-OH is 1. The van der Waals surface area contributed by atoms with Crippen molar-refractivity contribution >= 4 is 53.4 Å². The number of carbonyl (C=O) groups excluding carboxylic acids is 3. The molecule has 4 aliphatic heterocycles. The Morgan fingerprint density at radius 1 is 1.12 bits per heavy atom. The third kappa shape index (κ3) is 6.69. The van der Waals surface area contributed by atoms with E-state index in [4.69, 9.17) is 4.74 Å². The quantitative estimate of drug-likeness (QED) is 0.190. The monoisotopic (exact) mass is 776 g/mol. The number of piperidine rings is 1. The van der Waals surface area contributed by atoms with Crippen LogP contribution in [0.4, 0.5) is 15.5 Å². The van der Waals surface area contributed by atoms with Gasteiger partial charge in [0.1, 0.15) is 0 Å². The van der Waals surface area contributed by atoms with E-state index < -0.39 is 37.6 Å². The number of halogens is 2. The molecule has 2 fully saturated rings. The molecule has 3 amide bonds. The lowest BCUT2D eigenvalue weighted by molar-refractivity contribution is -0.151. The molecule has 270 valence electrons. The van der Waals surface area contributed by atoms with Crippen molar-refractivity contribution in [3.05, 3.63) is 93.5 Å². The minimum absolute atomic E-state index is 0.0253. The van der Waals surface area contributed by atoms with Crippen LogP contribution in [-0.2, 0) is 44.2 Å². The number of ether oxygens (including phenoxy) is 1. The second-order valence-corrected chi connectivity index (χ2v) is 19.8. The summed E-state index contributed by atoms with van der Waals surface area (Å²) in [5, 5.41) is 16.6. The molecule has 0 bridgehead atoms. The van der Waals surface area contributed by atoms with Crippen molar-refractivity contribution in [3.8, 4) is 0 Å². The Labute approximate surface area is 308 Å². The Hall–Kier alpha value is -3.42. The average Bonchev–Trinajstić information content (AvgIpc) is 3.53. The van der Waals surface area contributed by atoms with E-state index >= 15 is 4.11 Å². The number of amides is 3. The summed E-state index contributed by atoms with van der Waals surface area (Å²) in [4.78, 5) is 45.4. The van der Waals surface area contributed by atoms with Gasteiger partial charge in [-0.3, -0.25) is 14.4 Å². The molecule has 2 saturated heterocycles. The van der Waals surface area contributed by atoms with Crippen LogP contribution in [0.1, 0.15) is 48.4 Å². The summed E-state index contributed by atoms with van der Waals surface area (Å²) in [5.74, 6) is -1.18. The predicted octanol–water partition coefficient (Wildman–Crippen LogP) is 6.04. The number of nitrogens with one attached hydrogen (secondary N) is 2. The van der Waals surface area contributed by atoms with E-state index in [0.717, 1.165) is 40.5 Å². The third-order valence-corrected chi connectivity index (χ3v) is 14.3. The minimum atomic E-state index is -3.51. The van der Waals surface area contributed by atoms with Crippen LogP contribution in [0, 0.1) is 11.8 Å². The smallest absolute Gasteiger partial charge is 0.264 e. The number of aliphatic hydroxyl groups is 1. The highest BCUT2D eigenvalue weighted by atomic mass is 79.9. The topological polar surface area (TPSA) is 111 Å². The molecule has 6 atom stereocenters. The Kier molecular flexibility index (Phi) is 10.0. The molecule has 0 saturated carbocycles. The van der Waals surface area contributed by atoms with Gasteiger partial charge in [-0.25, -0.2) is 0 Å². The van der Waals surface area contributed by atoms with Crippen LogP contribution in [0.5, 0.6) is 0 Å². The largest absolute Gasteiger partial charge is 0.394 e. The molecule has 3 aromatic rings. The van der Waals surface area contributed by atoms with Crippen LogP contribution in [0.2, 0.25) is 18.6 Å². The summed E-state index contributed by atoms with van der Waals surface area (Å²) in [6.07, 6.45) is 1.41. The first-order valence-corrected chi connectivity index (χ1v) is 21.7. The van der Waals surface area contributed by atoms with E-state index in [2.05, 4.69) is 26.6 Å². The van der Waals surface area contributed by atoms with Crippen molar-refractivity contribution in [2.75, 3.05) is 29.9 Å². The van der Waals surface area contributed by atoms with Gasteiger partial charge in [0.15, 0.2) is 5.60 Å². The second-order valence-electron chi connectivity index (χ2n) is 15.1. The van der Waals surface area contributed by atoms with Crippen molar-refractivity contribution in [3.63, 3.8) is 0 Å².